The molecule has 0 fully saturated rings. The average Bonchev–Trinajstić information content (AvgIpc) is 3.12. The van der Waals surface area contributed by atoms with Gasteiger partial charge in [-0.25, -0.2) is 4.68 Å². The summed E-state index contributed by atoms with van der Waals surface area (Å²) in [5.41, 5.74) is 1.54. The summed E-state index contributed by atoms with van der Waals surface area (Å²) in [4.78, 5) is 1.04. The summed E-state index contributed by atoms with van der Waals surface area (Å²) in [5, 5.41) is 27.9. The number of thioether (sulfide) groups is 1. The van der Waals surface area contributed by atoms with E-state index >= 15 is 0 Å². The maximum atomic E-state index is 9.35. The number of nitrogens with zero attached hydrogens (tertiary/aromatic N) is 5. The minimum Gasteiger partial charge on any atom is -0.508 e. The maximum Gasteiger partial charge on any atom is 0.139 e. The van der Waals surface area contributed by atoms with Crippen LogP contribution in [0.3, 0.4) is 0 Å². The van der Waals surface area contributed by atoms with Crippen molar-refractivity contribution in [3.63, 3.8) is 0 Å². The Bertz CT molecular complexity index is 794. The molecule has 0 spiro atoms. The SMILES string of the molecule is N#Cc1ccc(N(CSc2ccc(O)cc2)n2cnnc2)cc1. The first-order valence-electron chi connectivity index (χ1n) is 6.81. The number of phenols is 1. The van der Waals surface area contributed by atoms with Gasteiger partial charge in [-0.05, 0) is 48.5 Å². The molecule has 2 aromatic carbocycles. The second-order valence-corrected chi connectivity index (χ2v) is 5.69. The highest BCUT2D eigenvalue weighted by molar-refractivity contribution is 7.99. The number of aromatic hydroxyl groups is 1. The summed E-state index contributed by atoms with van der Waals surface area (Å²) in [6.07, 6.45) is 3.24. The van der Waals surface area contributed by atoms with Crippen molar-refractivity contribution < 1.29 is 5.11 Å². The predicted octanol–water partition coefficient (Wildman–Crippen LogP) is 2.87. The molecule has 0 bridgehead atoms. The second kappa shape index (κ2) is 6.85. The summed E-state index contributed by atoms with van der Waals surface area (Å²) in [6.45, 7) is 0. The van der Waals surface area contributed by atoms with Gasteiger partial charge in [0.1, 0.15) is 18.4 Å². The molecule has 0 aliphatic carbocycles. The topological polar surface area (TPSA) is 78.0 Å². The van der Waals surface area contributed by atoms with Crippen LogP contribution in [0.4, 0.5) is 5.69 Å². The Morgan fingerprint density at radius 2 is 1.70 bits per heavy atom. The van der Waals surface area contributed by atoms with E-state index in [1.165, 1.54) is 0 Å². The van der Waals surface area contributed by atoms with Crippen molar-refractivity contribution in [2.24, 2.45) is 0 Å². The third kappa shape index (κ3) is 3.62. The van der Waals surface area contributed by atoms with E-state index in [1.807, 2.05) is 29.3 Å². The zero-order valence-electron chi connectivity index (χ0n) is 12.1. The molecular formula is C16H13N5OS. The van der Waals surface area contributed by atoms with Gasteiger partial charge in [-0.2, -0.15) is 5.26 Å². The van der Waals surface area contributed by atoms with Crippen LogP contribution in [0.15, 0.2) is 66.1 Å². The lowest BCUT2D eigenvalue weighted by molar-refractivity contribution is 0.475. The highest BCUT2D eigenvalue weighted by Gasteiger charge is 2.10. The first-order chi connectivity index (χ1) is 11.3. The van der Waals surface area contributed by atoms with Gasteiger partial charge in [-0.3, -0.25) is 5.01 Å². The second-order valence-electron chi connectivity index (χ2n) is 4.67. The molecule has 3 aromatic rings. The van der Waals surface area contributed by atoms with Crippen LogP contribution in [0.5, 0.6) is 5.75 Å². The van der Waals surface area contributed by atoms with Crippen LogP contribution in [-0.4, -0.2) is 25.9 Å². The van der Waals surface area contributed by atoms with Crippen LogP contribution in [0.1, 0.15) is 5.56 Å². The Balaban J connectivity index is 1.81. The van der Waals surface area contributed by atoms with Crippen LogP contribution in [-0.2, 0) is 0 Å². The maximum absolute atomic E-state index is 9.35. The Kier molecular flexibility index (Phi) is 4.45. The number of aromatic nitrogens is 3. The fraction of sp³-hybridized carbons (Fsp3) is 0.0625. The third-order valence-electron chi connectivity index (χ3n) is 3.17. The van der Waals surface area contributed by atoms with Crippen LogP contribution >= 0.6 is 11.8 Å². The lowest BCUT2D eigenvalue weighted by atomic mass is 10.2. The van der Waals surface area contributed by atoms with Gasteiger partial charge in [0.25, 0.3) is 0 Å². The number of rotatable bonds is 5. The number of nitriles is 1. The molecule has 6 nitrogen and oxygen atoms in total. The molecule has 0 atom stereocenters. The van der Waals surface area contributed by atoms with E-state index in [2.05, 4.69) is 16.3 Å². The number of hydrogen-bond donors (Lipinski definition) is 1. The van der Waals surface area contributed by atoms with Crippen LogP contribution in [0.2, 0.25) is 0 Å². The molecule has 0 amide bonds. The zero-order valence-corrected chi connectivity index (χ0v) is 12.9. The van der Waals surface area contributed by atoms with Crippen LogP contribution < -0.4 is 5.01 Å². The van der Waals surface area contributed by atoms with E-state index in [0.717, 1.165) is 10.6 Å². The minimum absolute atomic E-state index is 0.247. The predicted molar refractivity (Wildman–Crippen MR) is 87.9 cm³/mol. The molecule has 0 saturated heterocycles. The van der Waals surface area contributed by atoms with Crippen molar-refractivity contribution in [3.05, 3.63) is 66.7 Å². The number of hydrogen-bond acceptors (Lipinski definition) is 6. The Hall–Kier alpha value is -2.98. The van der Waals surface area contributed by atoms with Gasteiger partial charge >= 0.3 is 0 Å². The van der Waals surface area contributed by atoms with E-state index in [4.69, 9.17) is 5.26 Å². The molecule has 0 aliphatic heterocycles. The van der Waals surface area contributed by atoms with Gasteiger partial charge in [-0.15, -0.1) is 22.0 Å². The first-order valence-corrected chi connectivity index (χ1v) is 7.79. The normalized spacial score (nSPS) is 10.2. The first kappa shape index (κ1) is 14.9. The van der Waals surface area contributed by atoms with Crippen molar-refractivity contribution in [1.82, 2.24) is 14.9 Å². The van der Waals surface area contributed by atoms with Crippen molar-refractivity contribution in [2.45, 2.75) is 4.90 Å². The average molecular weight is 323 g/mol. The Morgan fingerprint density at radius 3 is 2.30 bits per heavy atom. The van der Waals surface area contributed by atoms with Crippen molar-refractivity contribution in [1.29, 1.82) is 5.26 Å². The smallest absolute Gasteiger partial charge is 0.139 e. The van der Waals surface area contributed by atoms with Crippen LogP contribution in [0, 0.1) is 11.3 Å². The molecule has 3 rings (SSSR count). The molecule has 0 radical (unpaired) electrons. The number of phenolic OH excluding ortho intramolecular Hbond substituents is 1. The van der Waals surface area contributed by atoms with Gasteiger partial charge in [0.05, 0.1) is 23.2 Å². The van der Waals surface area contributed by atoms with E-state index in [0.29, 0.717) is 11.4 Å². The standard InChI is InChI=1S/C16H13N5OS/c17-9-13-1-3-14(4-2-13)21(20-10-18-19-11-20)12-23-16-7-5-15(22)6-8-16/h1-8,10-11,22H,12H2. The van der Waals surface area contributed by atoms with Gasteiger partial charge in [0.2, 0.25) is 0 Å². The fourth-order valence-electron chi connectivity index (χ4n) is 1.98. The van der Waals surface area contributed by atoms with E-state index in [1.54, 1.807) is 53.4 Å². The van der Waals surface area contributed by atoms with Gasteiger partial charge in [0, 0.05) is 4.90 Å². The highest BCUT2D eigenvalue weighted by Crippen LogP contribution is 2.25. The van der Waals surface area contributed by atoms with Crippen molar-refractivity contribution in [2.75, 3.05) is 10.9 Å². The zero-order chi connectivity index (χ0) is 16.1. The summed E-state index contributed by atoms with van der Waals surface area (Å²) in [7, 11) is 0. The van der Waals surface area contributed by atoms with E-state index in [9.17, 15) is 5.11 Å². The van der Waals surface area contributed by atoms with Gasteiger partial charge in [-0.1, -0.05) is 0 Å². The number of benzene rings is 2. The molecule has 0 aliphatic rings. The molecule has 0 unspecified atom stereocenters. The molecule has 7 heteroatoms. The summed E-state index contributed by atoms with van der Waals surface area (Å²) >= 11 is 1.61. The van der Waals surface area contributed by atoms with Crippen LogP contribution in [0.25, 0.3) is 0 Å². The fourth-order valence-corrected chi connectivity index (χ4v) is 2.86. The molecule has 1 heterocycles. The van der Waals surface area contributed by atoms with Crippen molar-refractivity contribution in [3.8, 4) is 11.8 Å². The van der Waals surface area contributed by atoms with E-state index in [-0.39, 0.29) is 5.75 Å². The number of anilines is 1. The van der Waals surface area contributed by atoms with Gasteiger partial charge < -0.3 is 5.11 Å². The monoisotopic (exact) mass is 323 g/mol. The molecule has 1 N–H and O–H groups in total. The summed E-state index contributed by atoms with van der Waals surface area (Å²) in [5.74, 6) is 0.867. The largest absolute Gasteiger partial charge is 0.508 e. The Labute approximate surface area is 137 Å². The van der Waals surface area contributed by atoms with Gasteiger partial charge in [0.15, 0.2) is 0 Å². The highest BCUT2D eigenvalue weighted by atomic mass is 32.2. The minimum atomic E-state index is 0.247. The lowest BCUT2D eigenvalue weighted by Gasteiger charge is -2.24. The van der Waals surface area contributed by atoms with E-state index < -0.39 is 0 Å². The summed E-state index contributed by atoms with van der Waals surface area (Å²) < 4.78 is 1.79. The summed E-state index contributed by atoms with van der Waals surface area (Å²) in [6, 6.07) is 16.5. The Morgan fingerprint density at radius 1 is 1.04 bits per heavy atom. The van der Waals surface area contributed by atoms with Crippen molar-refractivity contribution >= 4 is 17.4 Å². The molecule has 114 valence electrons. The lowest BCUT2D eigenvalue weighted by Crippen LogP contribution is -2.27. The third-order valence-corrected chi connectivity index (χ3v) is 4.15. The quantitative estimate of drug-likeness (QED) is 0.574. The molecule has 1 aromatic heterocycles. The molecule has 0 saturated carbocycles. The molecule has 23 heavy (non-hydrogen) atoms. The molecular weight excluding hydrogens is 310 g/mol.